The molecule has 1 heterocycles. The van der Waals surface area contributed by atoms with Crippen LogP contribution in [0, 0.1) is 0 Å². The zero-order chi connectivity index (χ0) is 14.8. The number of ether oxygens (including phenoxy) is 2. The van der Waals surface area contributed by atoms with Crippen LogP contribution in [0.3, 0.4) is 0 Å². The number of nitrogens with zero attached hydrogens (tertiary/aromatic N) is 1. The Morgan fingerprint density at radius 3 is 2.80 bits per heavy atom. The first-order valence-electron chi connectivity index (χ1n) is 5.98. The van der Waals surface area contributed by atoms with Gasteiger partial charge in [-0.15, -0.1) is 0 Å². The van der Waals surface area contributed by atoms with E-state index in [1.807, 2.05) is 5.32 Å². The van der Waals surface area contributed by atoms with E-state index < -0.39 is 11.9 Å². The van der Waals surface area contributed by atoms with Gasteiger partial charge in [-0.1, -0.05) is 0 Å². The molecule has 0 aliphatic heterocycles. The van der Waals surface area contributed by atoms with Crippen LogP contribution < -0.4 is 21.1 Å². The number of rotatable bonds is 8. The highest BCUT2D eigenvalue weighted by atomic mass is 16.5. The summed E-state index contributed by atoms with van der Waals surface area (Å²) in [6.45, 7) is 1.70. The van der Waals surface area contributed by atoms with Crippen LogP contribution in [0.1, 0.15) is 5.69 Å². The molecule has 0 bridgehead atoms. The van der Waals surface area contributed by atoms with Crippen LogP contribution >= 0.6 is 0 Å². The van der Waals surface area contributed by atoms with Crippen molar-refractivity contribution in [1.82, 2.24) is 15.6 Å². The summed E-state index contributed by atoms with van der Waals surface area (Å²) in [5, 5.41) is 5.05. The summed E-state index contributed by atoms with van der Waals surface area (Å²) in [6, 6.07) is 2.56. The third kappa shape index (κ3) is 6.66. The molecule has 1 rings (SSSR count). The predicted octanol–water partition coefficient (Wildman–Crippen LogP) is -0.609. The molecule has 0 unspecified atom stereocenters. The molecule has 110 valence electrons. The zero-order valence-corrected chi connectivity index (χ0v) is 11.2. The van der Waals surface area contributed by atoms with E-state index in [0.29, 0.717) is 18.9 Å². The molecule has 0 spiro atoms. The molecule has 0 atom stereocenters. The number of aromatic nitrogens is 1. The maximum Gasteiger partial charge on any atom is 0.318 e. The van der Waals surface area contributed by atoms with Crippen molar-refractivity contribution in [2.45, 2.75) is 6.54 Å². The lowest BCUT2D eigenvalue weighted by atomic mass is 10.3. The Hall–Kier alpha value is -2.19. The predicted molar refractivity (Wildman–Crippen MR) is 71.0 cm³/mol. The van der Waals surface area contributed by atoms with Crippen molar-refractivity contribution in [1.29, 1.82) is 0 Å². The monoisotopic (exact) mass is 282 g/mol. The standard InChI is InChI=1S/C12H18N4O4/c1-19-5-4-14-6-9-2-3-10(7-15-9)20-8-11(17)16-12(13)18/h2-3,7,14H,4-6,8H2,1H3,(H3,13,16,17,18). The number of imide groups is 1. The van der Waals surface area contributed by atoms with Gasteiger partial charge in [0.25, 0.3) is 5.91 Å². The van der Waals surface area contributed by atoms with Gasteiger partial charge >= 0.3 is 6.03 Å². The quantitative estimate of drug-likeness (QED) is 0.548. The number of amides is 3. The van der Waals surface area contributed by atoms with Gasteiger partial charge in [-0.05, 0) is 12.1 Å². The fraction of sp³-hybridized carbons (Fsp3) is 0.417. The highest BCUT2D eigenvalue weighted by molar-refractivity contribution is 5.94. The summed E-state index contributed by atoms with van der Waals surface area (Å²) in [6.07, 6.45) is 1.50. The van der Waals surface area contributed by atoms with Crippen molar-refractivity contribution in [3.8, 4) is 5.75 Å². The van der Waals surface area contributed by atoms with E-state index >= 15 is 0 Å². The van der Waals surface area contributed by atoms with Gasteiger partial charge in [0, 0.05) is 20.2 Å². The number of hydrogen-bond donors (Lipinski definition) is 3. The maximum atomic E-state index is 11.1. The molecule has 0 aromatic carbocycles. The molecule has 0 saturated carbocycles. The lowest BCUT2D eigenvalue weighted by molar-refractivity contribution is -0.121. The molecular formula is C12H18N4O4. The molecule has 0 aliphatic carbocycles. The first kappa shape index (κ1) is 15.9. The van der Waals surface area contributed by atoms with Gasteiger partial charge in [0.05, 0.1) is 18.5 Å². The minimum atomic E-state index is -0.908. The largest absolute Gasteiger partial charge is 0.482 e. The minimum Gasteiger partial charge on any atom is -0.482 e. The van der Waals surface area contributed by atoms with Crippen LogP contribution in [0.15, 0.2) is 18.3 Å². The Labute approximate surface area is 116 Å². The summed E-state index contributed by atoms with van der Waals surface area (Å²) >= 11 is 0. The van der Waals surface area contributed by atoms with Crippen LogP contribution in [-0.4, -0.2) is 43.8 Å². The van der Waals surface area contributed by atoms with Crippen LogP contribution in [0.4, 0.5) is 4.79 Å². The van der Waals surface area contributed by atoms with Crippen LogP contribution in [-0.2, 0) is 16.1 Å². The number of carbonyl (C=O) groups is 2. The molecular weight excluding hydrogens is 264 g/mol. The molecule has 20 heavy (non-hydrogen) atoms. The number of pyridine rings is 1. The summed E-state index contributed by atoms with van der Waals surface area (Å²) < 4.78 is 10.1. The third-order valence-electron chi connectivity index (χ3n) is 2.22. The van der Waals surface area contributed by atoms with Crippen molar-refractivity contribution in [3.05, 3.63) is 24.0 Å². The fourth-order valence-corrected chi connectivity index (χ4v) is 1.31. The Balaban J connectivity index is 2.31. The Morgan fingerprint density at radius 1 is 1.40 bits per heavy atom. The number of methoxy groups -OCH3 is 1. The number of nitrogens with two attached hydrogens (primary N) is 1. The normalized spacial score (nSPS) is 10.1. The van der Waals surface area contributed by atoms with E-state index in [1.54, 1.807) is 19.2 Å². The molecule has 8 nitrogen and oxygen atoms in total. The number of nitrogens with one attached hydrogen (secondary N) is 2. The summed E-state index contributed by atoms with van der Waals surface area (Å²) in [4.78, 5) is 25.7. The molecule has 0 fully saturated rings. The van der Waals surface area contributed by atoms with Crippen molar-refractivity contribution >= 4 is 11.9 Å². The van der Waals surface area contributed by atoms with Crippen LogP contribution in [0.25, 0.3) is 0 Å². The summed E-state index contributed by atoms with van der Waals surface area (Å²) in [5.74, 6) is -0.173. The highest BCUT2D eigenvalue weighted by Gasteiger charge is 2.05. The smallest absolute Gasteiger partial charge is 0.318 e. The summed E-state index contributed by atoms with van der Waals surface area (Å²) in [7, 11) is 1.64. The second-order valence-corrected chi connectivity index (χ2v) is 3.86. The highest BCUT2D eigenvalue weighted by Crippen LogP contribution is 2.08. The number of hydrogen-bond acceptors (Lipinski definition) is 6. The zero-order valence-electron chi connectivity index (χ0n) is 11.2. The van der Waals surface area contributed by atoms with E-state index in [0.717, 1.165) is 12.2 Å². The maximum absolute atomic E-state index is 11.1. The number of urea groups is 1. The number of primary amides is 1. The Morgan fingerprint density at radius 2 is 2.20 bits per heavy atom. The van der Waals surface area contributed by atoms with Crippen LogP contribution in [0.2, 0.25) is 0 Å². The minimum absolute atomic E-state index is 0.296. The lowest BCUT2D eigenvalue weighted by Crippen LogP contribution is -2.38. The molecule has 0 saturated heterocycles. The topological polar surface area (TPSA) is 116 Å². The van der Waals surface area contributed by atoms with Gasteiger partial charge in [0.2, 0.25) is 0 Å². The molecule has 3 amide bonds. The van der Waals surface area contributed by atoms with Gasteiger partial charge in [0.15, 0.2) is 6.61 Å². The SMILES string of the molecule is COCCNCc1ccc(OCC(=O)NC(N)=O)cn1. The van der Waals surface area contributed by atoms with Gasteiger partial charge in [0.1, 0.15) is 5.75 Å². The van der Waals surface area contributed by atoms with Gasteiger partial charge in [-0.2, -0.15) is 0 Å². The number of carbonyl (C=O) groups excluding carboxylic acids is 2. The van der Waals surface area contributed by atoms with E-state index in [4.69, 9.17) is 15.2 Å². The van der Waals surface area contributed by atoms with Gasteiger partial charge in [-0.25, -0.2) is 4.79 Å². The van der Waals surface area contributed by atoms with E-state index in [9.17, 15) is 9.59 Å². The molecule has 8 heteroatoms. The lowest BCUT2D eigenvalue weighted by Gasteiger charge is -2.07. The second-order valence-electron chi connectivity index (χ2n) is 3.86. The molecule has 4 N–H and O–H groups in total. The third-order valence-corrected chi connectivity index (χ3v) is 2.22. The Bertz CT molecular complexity index is 436. The fourth-order valence-electron chi connectivity index (χ4n) is 1.31. The summed E-state index contributed by atoms with van der Waals surface area (Å²) in [5.41, 5.74) is 5.64. The second kappa shape index (κ2) is 8.83. The first-order chi connectivity index (χ1) is 9.61. The molecule has 0 aliphatic rings. The van der Waals surface area contributed by atoms with E-state index in [-0.39, 0.29) is 6.61 Å². The van der Waals surface area contributed by atoms with Gasteiger partial charge in [-0.3, -0.25) is 15.1 Å². The Kier molecular flexibility index (Phi) is 7.01. The van der Waals surface area contributed by atoms with Crippen molar-refractivity contribution in [3.63, 3.8) is 0 Å². The van der Waals surface area contributed by atoms with Crippen molar-refractivity contribution in [2.75, 3.05) is 26.9 Å². The van der Waals surface area contributed by atoms with Crippen LogP contribution in [0.5, 0.6) is 5.75 Å². The molecule has 1 aromatic heterocycles. The average Bonchev–Trinajstić information content (AvgIpc) is 2.42. The van der Waals surface area contributed by atoms with Gasteiger partial charge < -0.3 is 20.5 Å². The van der Waals surface area contributed by atoms with E-state index in [2.05, 4.69) is 10.3 Å². The molecule has 0 radical (unpaired) electrons. The average molecular weight is 282 g/mol. The molecule has 1 aromatic rings. The van der Waals surface area contributed by atoms with Crippen molar-refractivity contribution < 1.29 is 19.1 Å². The first-order valence-corrected chi connectivity index (χ1v) is 5.98. The van der Waals surface area contributed by atoms with E-state index in [1.165, 1.54) is 6.20 Å². The van der Waals surface area contributed by atoms with Crippen molar-refractivity contribution in [2.24, 2.45) is 5.73 Å².